The lowest BCUT2D eigenvalue weighted by Gasteiger charge is -2.34. The van der Waals surface area contributed by atoms with Gasteiger partial charge in [-0.25, -0.2) is 14.3 Å². The molecule has 3 aliphatic heterocycles. The monoisotopic (exact) mass is 394 g/mol. The van der Waals surface area contributed by atoms with Gasteiger partial charge in [0.15, 0.2) is 0 Å². The summed E-state index contributed by atoms with van der Waals surface area (Å²) in [6, 6.07) is 7.68. The van der Waals surface area contributed by atoms with E-state index >= 15 is 0 Å². The van der Waals surface area contributed by atoms with Crippen molar-refractivity contribution in [2.45, 2.75) is 39.2 Å². The zero-order chi connectivity index (χ0) is 20.7. The van der Waals surface area contributed by atoms with Gasteiger partial charge in [0.05, 0.1) is 13.1 Å². The number of hydrogen-bond donors (Lipinski definition) is 0. The predicted molar refractivity (Wildman–Crippen MR) is 113 cm³/mol. The first-order chi connectivity index (χ1) is 13.9. The van der Waals surface area contributed by atoms with E-state index in [9.17, 15) is 9.59 Å². The maximum Gasteiger partial charge on any atom is 0.397 e. The van der Waals surface area contributed by atoms with Crippen LogP contribution < -0.4 is 4.90 Å². The van der Waals surface area contributed by atoms with E-state index < -0.39 is 6.04 Å². The van der Waals surface area contributed by atoms with Crippen LogP contribution >= 0.6 is 0 Å². The molecule has 1 fully saturated rings. The summed E-state index contributed by atoms with van der Waals surface area (Å²) in [5.74, 6) is 1.04. The highest BCUT2D eigenvalue weighted by Crippen LogP contribution is 2.27. The summed E-state index contributed by atoms with van der Waals surface area (Å²) in [4.78, 5) is 35.4. The lowest BCUT2D eigenvalue weighted by molar-refractivity contribution is -0.525. The smallest absolute Gasteiger partial charge is 0.270 e. The molecular weight excluding hydrogens is 366 g/mol. The second kappa shape index (κ2) is 7.46. The molecule has 0 spiro atoms. The standard InChI is InChI=1S/C22H28N5O2/c1-5-6-7-16-8-10-17(11-9-16)25-12-13-26-18-19(23-21(25)26)24(4)22(29)27(20(18)28)14-15(2)3/h8-11,18H,2,5-7,12-14H2,1,3-4H3/q+1. The Morgan fingerprint density at radius 3 is 2.66 bits per heavy atom. The van der Waals surface area contributed by atoms with Gasteiger partial charge in [0, 0.05) is 7.05 Å². The van der Waals surface area contributed by atoms with Crippen molar-refractivity contribution in [2.24, 2.45) is 4.99 Å². The number of aryl methyl sites for hydroxylation is 1. The number of benzene rings is 1. The van der Waals surface area contributed by atoms with Gasteiger partial charge in [0.1, 0.15) is 12.2 Å². The van der Waals surface area contributed by atoms with E-state index in [0.29, 0.717) is 12.4 Å². The van der Waals surface area contributed by atoms with Gasteiger partial charge in [-0.15, -0.1) is 0 Å². The Labute approximate surface area is 171 Å². The second-order valence-electron chi connectivity index (χ2n) is 8.01. The number of imide groups is 1. The number of guanidine groups is 1. The minimum absolute atomic E-state index is 0.221. The summed E-state index contributed by atoms with van der Waals surface area (Å²) in [6.07, 6.45) is 3.46. The molecule has 4 rings (SSSR count). The van der Waals surface area contributed by atoms with E-state index in [1.807, 2.05) is 11.5 Å². The molecule has 0 aromatic heterocycles. The van der Waals surface area contributed by atoms with Crippen LogP contribution in [0.15, 0.2) is 41.4 Å². The van der Waals surface area contributed by atoms with Crippen molar-refractivity contribution in [3.05, 3.63) is 42.0 Å². The zero-order valence-electron chi connectivity index (χ0n) is 17.4. The number of likely N-dealkylation sites (N-methyl/N-ethyl adjacent to an activating group) is 1. The number of urea groups is 1. The number of fused-ring (bicyclic) bond motifs is 2. The summed E-state index contributed by atoms with van der Waals surface area (Å²) in [6.45, 7) is 9.56. The highest BCUT2D eigenvalue weighted by molar-refractivity contribution is 6.24. The molecule has 0 saturated carbocycles. The van der Waals surface area contributed by atoms with Crippen molar-refractivity contribution >= 4 is 29.4 Å². The van der Waals surface area contributed by atoms with Crippen LogP contribution in [0.25, 0.3) is 0 Å². The molecule has 3 aliphatic rings. The number of amides is 3. The molecule has 0 aliphatic carbocycles. The second-order valence-corrected chi connectivity index (χ2v) is 8.01. The van der Waals surface area contributed by atoms with Gasteiger partial charge in [-0.05, 0) is 37.5 Å². The predicted octanol–water partition coefficient (Wildman–Crippen LogP) is 2.47. The number of unbranched alkanes of at least 4 members (excludes halogenated alkanes) is 1. The largest absolute Gasteiger partial charge is 0.397 e. The SMILES string of the molecule is C=C(C)CN1C(=O)C2C(=NC3=[N+]2CCN3c2ccc(CCCC)cc2)N(C)C1=O. The van der Waals surface area contributed by atoms with Crippen LogP contribution in [-0.4, -0.2) is 70.8 Å². The summed E-state index contributed by atoms with van der Waals surface area (Å²) in [5.41, 5.74) is 3.17. The van der Waals surface area contributed by atoms with Gasteiger partial charge in [0.2, 0.25) is 11.9 Å². The van der Waals surface area contributed by atoms with E-state index in [1.165, 1.54) is 28.2 Å². The van der Waals surface area contributed by atoms with E-state index in [1.54, 1.807) is 7.05 Å². The lowest BCUT2D eigenvalue weighted by atomic mass is 10.1. The summed E-state index contributed by atoms with van der Waals surface area (Å²) < 4.78 is 2.01. The topological polar surface area (TPSA) is 59.2 Å². The van der Waals surface area contributed by atoms with Crippen molar-refractivity contribution in [3.63, 3.8) is 0 Å². The third-order valence-corrected chi connectivity index (χ3v) is 5.69. The number of carbonyl (C=O) groups is 2. The molecule has 0 radical (unpaired) electrons. The number of carbonyl (C=O) groups excluding carboxylic acids is 2. The first kappa shape index (κ1) is 19.4. The van der Waals surface area contributed by atoms with Crippen LogP contribution in [0, 0.1) is 0 Å². The van der Waals surface area contributed by atoms with Crippen LogP contribution in [0.1, 0.15) is 32.3 Å². The zero-order valence-corrected chi connectivity index (χ0v) is 17.4. The average Bonchev–Trinajstić information content (AvgIpc) is 3.27. The fourth-order valence-corrected chi connectivity index (χ4v) is 4.14. The maximum atomic E-state index is 13.1. The average molecular weight is 394 g/mol. The van der Waals surface area contributed by atoms with Crippen molar-refractivity contribution in [1.29, 1.82) is 0 Å². The molecule has 0 bridgehead atoms. The Bertz CT molecular complexity index is 931. The van der Waals surface area contributed by atoms with Crippen LogP contribution in [0.2, 0.25) is 0 Å². The summed E-state index contributed by atoms with van der Waals surface area (Å²) in [7, 11) is 1.68. The molecule has 1 unspecified atom stereocenters. The Hall–Kier alpha value is -2.96. The molecule has 1 atom stereocenters. The van der Waals surface area contributed by atoms with E-state index in [-0.39, 0.29) is 18.5 Å². The van der Waals surface area contributed by atoms with E-state index in [0.717, 1.165) is 30.2 Å². The molecule has 7 nitrogen and oxygen atoms in total. The van der Waals surface area contributed by atoms with Crippen molar-refractivity contribution in [1.82, 2.24) is 9.80 Å². The van der Waals surface area contributed by atoms with Crippen LogP contribution in [0.4, 0.5) is 10.5 Å². The molecule has 1 saturated heterocycles. The number of hydrogen-bond acceptors (Lipinski definition) is 4. The normalized spacial score (nSPS) is 21.0. The van der Waals surface area contributed by atoms with Crippen molar-refractivity contribution in [2.75, 3.05) is 31.6 Å². The Morgan fingerprint density at radius 2 is 2.00 bits per heavy atom. The van der Waals surface area contributed by atoms with Crippen molar-refractivity contribution < 1.29 is 14.2 Å². The van der Waals surface area contributed by atoms with E-state index in [4.69, 9.17) is 4.99 Å². The van der Waals surface area contributed by atoms with Gasteiger partial charge in [0.25, 0.3) is 5.91 Å². The van der Waals surface area contributed by atoms with Gasteiger partial charge in [-0.1, -0.05) is 42.6 Å². The van der Waals surface area contributed by atoms with Crippen LogP contribution in [0.5, 0.6) is 0 Å². The lowest BCUT2D eigenvalue weighted by Crippen LogP contribution is -2.62. The van der Waals surface area contributed by atoms with Gasteiger partial charge in [-0.2, -0.15) is 0 Å². The molecule has 1 aromatic carbocycles. The Kier molecular flexibility index (Phi) is 4.98. The molecule has 1 aromatic rings. The van der Waals surface area contributed by atoms with Crippen LogP contribution in [0.3, 0.4) is 0 Å². The minimum atomic E-state index is -0.541. The number of rotatable bonds is 6. The quantitative estimate of drug-likeness (QED) is 0.550. The molecule has 0 N–H and O–H groups in total. The highest BCUT2D eigenvalue weighted by Gasteiger charge is 2.55. The fraction of sp³-hybridized carbons (Fsp3) is 0.455. The molecule has 3 amide bonds. The number of anilines is 1. The van der Waals surface area contributed by atoms with E-state index in [2.05, 4.69) is 42.7 Å². The highest BCUT2D eigenvalue weighted by atomic mass is 16.2. The molecule has 152 valence electrons. The Morgan fingerprint density at radius 1 is 1.28 bits per heavy atom. The summed E-state index contributed by atoms with van der Waals surface area (Å²) >= 11 is 0. The third kappa shape index (κ3) is 3.24. The van der Waals surface area contributed by atoms with Gasteiger partial charge < -0.3 is 0 Å². The van der Waals surface area contributed by atoms with Gasteiger partial charge >= 0.3 is 12.0 Å². The van der Waals surface area contributed by atoms with Crippen LogP contribution in [-0.2, 0) is 11.2 Å². The minimum Gasteiger partial charge on any atom is -0.270 e. The number of nitrogens with zero attached hydrogens (tertiary/aromatic N) is 5. The number of amidine groups is 1. The first-order valence-electron chi connectivity index (χ1n) is 10.2. The maximum absolute atomic E-state index is 13.1. The fourth-order valence-electron chi connectivity index (χ4n) is 4.14. The van der Waals surface area contributed by atoms with Crippen molar-refractivity contribution in [3.8, 4) is 0 Å². The third-order valence-electron chi connectivity index (χ3n) is 5.69. The molecule has 7 heteroatoms. The molecule has 3 heterocycles. The first-order valence-corrected chi connectivity index (χ1v) is 10.2. The molecular formula is C22H28N5O2+. The summed E-state index contributed by atoms with van der Waals surface area (Å²) in [5, 5.41) is 0. The van der Waals surface area contributed by atoms with Gasteiger partial charge in [-0.3, -0.25) is 14.6 Å². The molecule has 29 heavy (non-hydrogen) atoms. The Balaban J connectivity index is 1.62. The number of aliphatic imine (C=N–C) groups is 1.